The number of aryl methyl sites for hydroxylation is 1. The van der Waals surface area contributed by atoms with E-state index in [1.807, 2.05) is 37.4 Å². The molecule has 0 atom stereocenters. The summed E-state index contributed by atoms with van der Waals surface area (Å²) in [7, 11) is 0. The van der Waals surface area contributed by atoms with Gasteiger partial charge in [0.2, 0.25) is 0 Å². The summed E-state index contributed by atoms with van der Waals surface area (Å²) in [5, 5.41) is 13.8. The van der Waals surface area contributed by atoms with Crippen molar-refractivity contribution >= 4 is 34.0 Å². The lowest BCUT2D eigenvalue weighted by atomic mass is 10.1. The number of pyridine rings is 1. The van der Waals surface area contributed by atoms with Gasteiger partial charge in [-0.3, -0.25) is 4.98 Å². The van der Waals surface area contributed by atoms with Crippen LogP contribution in [0.3, 0.4) is 0 Å². The molecule has 0 amide bonds. The molecule has 0 saturated carbocycles. The fourth-order valence-electron chi connectivity index (χ4n) is 2.37. The summed E-state index contributed by atoms with van der Waals surface area (Å²) in [5.41, 5.74) is 4.36. The van der Waals surface area contributed by atoms with Crippen molar-refractivity contribution in [1.82, 2.24) is 4.98 Å². The zero-order chi connectivity index (χ0) is 15.5. The van der Waals surface area contributed by atoms with Gasteiger partial charge in [0.05, 0.1) is 16.8 Å². The Morgan fingerprint density at radius 1 is 1.18 bits per heavy atom. The smallest absolute Gasteiger partial charge is 0.103 e. The summed E-state index contributed by atoms with van der Waals surface area (Å²) < 4.78 is 0. The van der Waals surface area contributed by atoms with Gasteiger partial charge in [0, 0.05) is 22.2 Å². The number of hydrogen-bond acceptors (Lipinski definition) is 4. The molecule has 0 fully saturated rings. The van der Waals surface area contributed by atoms with Crippen LogP contribution < -0.4 is 5.32 Å². The Balaban J connectivity index is 2.15. The molecule has 108 valence electrons. The van der Waals surface area contributed by atoms with E-state index in [0.717, 1.165) is 27.8 Å². The van der Waals surface area contributed by atoms with Gasteiger partial charge in [0.25, 0.3) is 0 Å². The molecule has 0 unspecified atom stereocenters. The van der Waals surface area contributed by atoms with Crippen molar-refractivity contribution in [3.8, 4) is 6.07 Å². The molecule has 3 rings (SSSR count). The number of nitrogens with one attached hydrogen (secondary N) is 1. The van der Waals surface area contributed by atoms with E-state index in [0.29, 0.717) is 5.56 Å². The minimum atomic E-state index is 0.549. The average Bonchev–Trinajstić information content (AvgIpc) is 2.55. The summed E-state index contributed by atoms with van der Waals surface area (Å²) in [5.74, 6) is 0. The predicted octanol–water partition coefficient (Wildman–Crippen LogP) is 4.88. The second kappa shape index (κ2) is 6.08. The zero-order valence-corrected chi connectivity index (χ0v) is 13.2. The molecule has 0 aliphatic heterocycles. The number of anilines is 2. The van der Waals surface area contributed by atoms with Crippen LogP contribution in [0.15, 0.2) is 53.6 Å². The molecule has 1 aromatic heterocycles. The molecule has 0 spiro atoms. The van der Waals surface area contributed by atoms with Gasteiger partial charge in [-0.05, 0) is 43.5 Å². The Hall–Kier alpha value is -2.51. The van der Waals surface area contributed by atoms with Crippen molar-refractivity contribution in [3.63, 3.8) is 0 Å². The lowest BCUT2D eigenvalue weighted by Gasteiger charge is -2.12. The van der Waals surface area contributed by atoms with Crippen LogP contribution in [0.2, 0.25) is 0 Å². The lowest BCUT2D eigenvalue weighted by Crippen LogP contribution is -1.97. The molecule has 0 saturated heterocycles. The van der Waals surface area contributed by atoms with Crippen LogP contribution in [-0.4, -0.2) is 11.2 Å². The first kappa shape index (κ1) is 14.4. The first-order valence-corrected chi connectivity index (χ1v) is 8.14. The summed E-state index contributed by atoms with van der Waals surface area (Å²) >= 11 is 1.69. The van der Waals surface area contributed by atoms with Crippen molar-refractivity contribution in [2.24, 2.45) is 0 Å². The topological polar surface area (TPSA) is 48.7 Å². The number of hydrogen-bond donors (Lipinski definition) is 1. The second-order valence-electron chi connectivity index (χ2n) is 5.04. The normalized spacial score (nSPS) is 10.4. The van der Waals surface area contributed by atoms with Crippen LogP contribution in [-0.2, 0) is 0 Å². The van der Waals surface area contributed by atoms with Gasteiger partial charge < -0.3 is 5.32 Å². The number of rotatable bonds is 3. The van der Waals surface area contributed by atoms with Crippen molar-refractivity contribution in [2.45, 2.75) is 11.8 Å². The standard InChI is InChI=1S/C18H15N3S/c1-12-6-7-17-16(8-12)18(13(10-19)11-20-17)21-14-4-3-5-15(9-14)22-2/h3-9,11H,1-2H3,(H,20,21). The highest BCUT2D eigenvalue weighted by atomic mass is 32.2. The van der Waals surface area contributed by atoms with Crippen molar-refractivity contribution in [3.05, 3.63) is 59.8 Å². The van der Waals surface area contributed by atoms with Crippen LogP contribution >= 0.6 is 11.8 Å². The van der Waals surface area contributed by atoms with Crippen LogP contribution in [0, 0.1) is 18.3 Å². The summed E-state index contributed by atoms with van der Waals surface area (Å²) in [6.07, 6.45) is 3.67. The Kier molecular flexibility index (Phi) is 3.99. The molecule has 4 heteroatoms. The van der Waals surface area contributed by atoms with E-state index in [2.05, 4.69) is 34.6 Å². The molecule has 2 aromatic carbocycles. The number of nitrogens with zero attached hydrogens (tertiary/aromatic N) is 2. The van der Waals surface area contributed by atoms with Gasteiger partial charge in [0.1, 0.15) is 6.07 Å². The molecule has 0 radical (unpaired) electrons. The van der Waals surface area contributed by atoms with E-state index in [1.165, 1.54) is 4.90 Å². The van der Waals surface area contributed by atoms with Gasteiger partial charge in [0.15, 0.2) is 0 Å². The third-order valence-corrected chi connectivity index (χ3v) is 4.21. The highest BCUT2D eigenvalue weighted by molar-refractivity contribution is 7.98. The van der Waals surface area contributed by atoms with E-state index in [9.17, 15) is 5.26 Å². The van der Waals surface area contributed by atoms with Gasteiger partial charge in [-0.15, -0.1) is 11.8 Å². The first-order valence-electron chi connectivity index (χ1n) is 6.92. The number of thioether (sulfide) groups is 1. The molecular formula is C18H15N3S. The Labute approximate surface area is 134 Å². The Morgan fingerprint density at radius 2 is 2.05 bits per heavy atom. The molecule has 1 heterocycles. The summed E-state index contributed by atoms with van der Waals surface area (Å²) in [6, 6.07) is 16.4. The molecule has 0 aliphatic carbocycles. The van der Waals surface area contributed by atoms with Gasteiger partial charge in [-0.1, -0.05) is 17.7 Å². The Morgan fingerprint density at radius 3 is 2.82 bits per heavy atom. The fraction of sp³-hybridized carbons (Fsp3) is 0.111. The SMILES string of the molecule is CSc1cccc(Nc2c(C#N)cnc3ccc(C)cc23)c1. The molecule has 22 heavy (non-hydrogen) atoms. The number of benzene rings is 2. The number of aromatic nitrogens is 1. The monoisotopic (exact) mass is 305 g/mol. The predicted molar refractivity (Wildman–Crippen MR) is 92.7 cm³/mol. The quantitative estimate of drug-likeness (QED) is 0.701. The molecular weight excluding hydrogens is 290 g/mol. The van der Waals surface area contributed by atoms with Crippen molar-refractivity contribution < 1.29 is 0 Å². The third kappa shape index (κ3) is 2.76. The second-order valence-corrected chi connectivity index (χ2v) is 5.92. The van der Waals surface area contributed by atoms with E-state index >= 15 is 0 Å². The molecule has 3 aromatic rings. The van der Waals surface area contributed by atoms with E-state index in [4.69, 9.17) is 0 Å². The third-order valence-electron chi connectivity index (χ3n) is 3.48. The molecule has 1 N–H and O–H groups in total. The molecule has 0 aliphatic rings. The lowest BCUT2D eigenvalue weighted by molar-refractivity contribution is 1.35. The maximum absolute atomic E-state index is 9.39. The summed E-state index contributed by atoms with van der Waals surface area (Å²) in [4.78, 5) is 5.54. The number of nitriles is 1. The van der Waals surface area contributed by atoms with Crippen molar-refractivity contribution in [1.29, 1.82) is 5.26 Å². The van der Waals surface area contributed by atoms with E-state index in [1.54, 1.807) is 18.0 Å². The van der Waals surface area contributed by atoms with Gasteiger partial charge in [-0.2, -0.15) is 5.26 Å². The highest BCUT2D eigenvalue weighted by Gasteiger charge is 2.09. The zero-order valence-electron chi connectivity index (χ0n) is 12.4. The van der Waals surface area contributed by atoms with Crippen LogP contribution in [0.25, 0.3) is 10.9 Å². The minimum absolute atomic E-state index is 0.549. The minimum Gasteiger partial charge on any atom is -0.354 e. The highest BCUT2D eigenvalue weighted by Crippen LogP contribution is 2.30. The fourth-order valence-corrected chi connectivity index (χ4v) is 2.83. The maximum atomic E-state index is 9.39. The average molecular weight is 305 g/mol. The van der Waals surface area contributed by atoms with Crippen LogP contribution in [0.5, 0.6) is 0 Å². The largest absolute Gasteiger partial charge is 0.354 e. The van der Waals surface area contributed by atoms with Crippen LogP contribution in [0.4, 0.5) is 11.4 Å². The van der Waals surface area contributed by atoms with E-state index < -0.39 is 0 Å². The van der Waals surface area contributed by atoms with Gasteiger partial charge in [-0.25, -0.2) is 0 Å². The summed E-state index contributed by atoms with van der Waals surface area (Å²) in [6.45, 7) is 2.04. The Bertz CT molecular complexity index is 881. The van der Waals surface area contributed by atoms with E-state index in [-0.39, 0.29) is 0 Å². The first-order chi connectivity index (χ1) is 10.7. The van der Waals surface area contributed by atoms with Gasteiger partial charge >= 0.3 is 0 Å². The van der Waals surface area contributed by atoms with Crippen molar-refractivity contribution in [2.75, 3.05) is 11.6 Å². The maximum Gasteiger partial charge on any atom is 0.103 e. The van der Waals surface area contributed by atoms with Crippen LogP contribution in [0.1, 0.15) is 11.1 Å². The molecule has 3 nitrogen and oxygen atoms in total. The number of fused-ring (bicyclic) bond motifs is 1. The molecule has 0 bridgehead atoms.